The lowest BCUT2D eigenvalue weighted by Crippen LogP contribution is -1.96. The van der Waals surface area contributed by atoms with Gasteiger partial charge in [0, 0.05) is 5.56 Å². The number of rotatable bonds is 3. The molecule has 0 bridgehead atoms. The number of aryl methyl sites for hydroxylation is 1. The minimum absolute atomic E-state index is 0.554. The summed E-state index contributed by atoms with van der Waals surface area (Å²) in [7, 11) is 0. The summed E-state index contributed by atoms with van der Waals surface area (Å²) in [5.41, 5.74) is 3.71. The monoisotopic (exact) mass is 237 g/mol. The van der Waals surface area contributed by atoms with E-state index >= 15 is 0 Å². The smallest absolute Gasteiger partial charge is 0.109 e. The molecule has 0 saturated carbocycles. The molecule has 0 aliphatic heterocycles. The molecule has 0 spiro atoms. The van der Waals surface area contributed by atoms with E-state index in [1.807, 2.05) is 67.6 Å². The summed E-state index contributed by atoms with van der Waals surface area (Å²) < 4.78 is 0. The molecule has 0 aromatic heterocycles. The molecular weight excluding hydrogens is 222 g/mol. The molecule has 0 amide bonds. The predicted molar refractivity (Wildman–Crippen MR) is 75.0 cm³/mol. The Morgan fingerprint density at radius 1 is 1.00 bits per heavy atom. The molecule has 0 atom stereocenters. The van der Waals surface area contributed by atoms with Crippen molar-refractivity contribution in [2.75, 3.05) is 0 Å². The molecule has 0 unspecified atom stereocenters. The van der Waals surface area contributed by atoms with Gasteiger partial charge in [-0.1, -0.05) is 71.4 Å². The van der Waals surface area contributed by atoms with Crippen LogP contribution >= 0.6 is 0 Å². The van der Waals surface area contributed by atoms with Crippen molar-refractivity contribution in [3.63, 3.8) is 0 Å². The third-order valence-electron chi connectivity index (χ3n) is 2.69. The van der Waals surface area contributed by atoms with Gasteiger partial charge in [-0.2, -0.15) is 0 Å². The van der Waals surface area contributed by atoms with Crippen molar-refractivity contribution in [3.05, 3.63) is 77.4 Å². The third kappa shape index (κ3) is 3.08. The zero-order valence-corrected chi connectivity index (χ0v) is 10.2. The molecule has 18 heavy (non-hydrogen) atoms. The number of hydrogen-bond donors (Lipinski definition) is 1. The van der Waals surface area contributed by atoms with Crippen molar-refractivity contribution in [1.82, 2.24) is 0 Å². The van der Waals surface area contributed by atoms with Crippen LogP contribution in [-0.4, -0.2) is 10.9 Å². The summed E-state index contributed by atoms with van der Waals surface area (Å²) in [5, 5.41) is 12.4. The largest absolute Gasteiger partial charge is 0.410 e. The molecule has 2 heteroatoms. The van der Waals surface area contributed by atoms with Gasteiger partial charge in [0.05, 0.1) is 0 Å². The lowest BCUT2D eigenvalue weighted by molar-refractivity contribution is 0.320. The summed E-state index contributed by atoms with van der Waals surface area (Å²) in [6.07, 6.45) is 3.73. The third-order valence-corrected chi connectivity index (χ3v) is 2.69. The van der Waals surface area contributed by atoms with Crippen molar-refractivity contribution in [3.8, 4) is 0 Å². The highest BCUT2D eigenvalue weighted by atomic mass is 16.4. The summed E-state index contributed by atoms with van der Waals surface area (Å²) in [4.78, 5) is 0. The van der Waals surface area contributed by atoms with Crippen LogP contribution in [0.3, 0.4) is 0 Å². The number of oxime groups is 1. The van der Waals surface area contributed by atoms with Crippen LogP contribution < -0.4 is 0 Å². The summed E-state index contributed by atoms with van der Waals surface area (Å²) in [6.45, 7) is 2.03. The number of nitrogens with zero attached hydrogens (tertiary/aromatic N) is 1. The van der Waals surface area contributed by atoms with Gasteiger partial charge in [0.15, 0.2) is 0 Å². The second-order valence-corrected chi connectivity index (χ2v) is 4.10. The fourth-order valence-corrected chi connectivity index (χ4v) is 1.65. The molecule has 0 aliphatic carbocycles. The Labute approximate surface area is 107 Å². The molecule has 2 nitrogen and oxygen atoms in total. The molecule has 0 fully saturated rings. The Morgan fingerprint density at radius 2 is 1.67 bits per heavy atom. The predicted octanol–water partition coefficient (Wildman–Crippen LogP) is 3.89. The fraction of sp³-hybridized carbons (Fsp3) is 0.0625. The van der Waals surface area contributed by atoms with E-state index in [1.54, 1.807) is 6.08 Å². The van der Waals surface area contributed by atoms with Crippen molar-refractivity contribution >= 4 is 11.8 Å². The van der Waals surface area contributed by atoms with Gasteiger partial charge in [0.1, 0.15) is 5.71 Å². The van der Waals surface area contributed by atoms with Gasteiger partial charge >= 0.3 is 0 Å². The summed E-state index contributed by atoms with van der Waals surface area (Å²) in [5.74, 6) is 0. The average Bonchev–Trinajstić information content (AvgIpc) is 2.42. The van der Waals surface area contributed by atoms with Gasteiger partial charge in [-0.25, -0.2) is 0 Å². The van der Waals surface area contributed by atoms with Gasteiger partial charge in [-0.15, -0.1) is 0 Å². The minimum atomic E-state index is 0.554. The van der Waals surface area contributed by atoms with Gasteiger partial charge < -0.3 is 5.21 Å². The lowest BCUT2D eigenvalue weighted by Gasteiger charge is -2.00. The average molecular weight is 237 g/mol. The molecule has 2 aromatic carbocycles. The number of allylic oxidation sites excluding steroid dienone is 1. The van der Waals surface area contributed by atoms with Gasteiger partial charge in [0.25, 0.3) is 0 Å². The molecule has 0 radical (unpaired) electrons. The molecule has 2 aromatic rings. The molecule has 2 rings (SSSR count). The topological polar surface area (TPSA) is 32.6 Å². The SMILES string of the molecule is Cc1ccc(C(/C=C\c2ccccc2)=N/O)cc1. The van der Waals surface area contributed by atoms with E-state index in [0.29, 0.717) is 5.71 Å². The Balaban J connectivity index is 2.21. The normalized spacial score (nSPS) is 11.9. The first-order chi connectivity index (χ1) is 8.79. The first-order valence-corrected chi connectivity index (χ1v) is 5.82. The molecule has 0 heterocycles. The summed E-state index contributed by atoms with van der Waals surface area (Å²) in [6, 6.07) is 17.8. The maximum absolute atomic E-state index is 9.06. The summed E-state index contributed by atoms with van der Waals surface area (Å²) >= 11 is 0. The number of hydrogen-bond acceptors (Lipinski definition) is 2. The Morgan fingerprint density at radius 3 is 2.28 bits per heavy atom. The van der Waals surface area contributed by atoms with E-state index in [1.165, 1.54) is 5.56 Å². The maximum Gasteiger partial charge on any atom is 0.109 e. The van der Waals surface area contributed by atoms with Crippen LogP contribution in [0.25, 0.3) is 6.08 Å². The molecule has 90 valence electrons. The quantitative estimate of drug-likeness (QED) is 0.490. The second kappa shape index (κ2) is 5.82. The second-order valence-electron chi connectivity index (χ2n) is 4.10. The van der Waals surface area contributed by atoms with Crippen molar-refractivity contribution in [1.29, 1.82) is 0 Å². The van der Waals surface area contributed by atoms with E-state index < -0.39 is 0 Å². The van der Waals surface area contributed by atoms with E-state index in [2.05, 4.69) is 5.16 Å². The van der Waals surface area contributed by atoms with E-state index in [-0.39, 0.29) is 0 Å². The Bertz CT molecular complexity index is 553. The van der Waals surface area contributed by atoms with Crippen LogP contribution in [0.15, 0.2) is 65.8 Å². The highest BCUT2D eigenvalue weighted by molar-refractivity contribution is 6.10. The Kier molecular flexibility index (Phi) is 3.92. The van der Waals surface area contributed by atoms with Crippen LogP contribution in [0, 0.1) is 6.92 Å². The molecule has 0 aliphatic rings. The van der Waals surface area contributed by atoms with Crippen LogP contribution in [0.1, 0.15) is 16.7 Å². The first-order valence-electron chi connectivity index (χ1n) is 5.82. The van der Waals surface area contributed by atoms with Crippen LogP contribution in [-0.2, 0) is 0 Å². The molecule has 1 N–H and O–H groups in total. The number of benzene rings is 2. The molecular formula is C16H15NO. The van der Waals surface area contributed by atoms with E-state index in [4.69, 9.17) is 5.21 Å². The van der Waals surface area contributed by atoms with Crippen LogP contribution in [0.4, 0.5) is 0 Å². The van der Waals surface area contributed by atoms with Gasteiger partial charge in [-0.3, -0.25) is 0 Å². The van der Waals surface area contributed by atoms with Crippen molar-refractivity contribution in [2.24, 2.45) is 5.16 Å². The van der Waals surface area contributed by atoms with E-state index in [0.717, 1.165) is 11.1 Å². The zero-order valence-electron chi connectivity index (χ0n) is 10.2. The van der Waals surface area contributed by atoms with Gasteiger partial charge in [0.2, 0.25) is 0 Å². The maximum atomic E-state index is 9.06. The highest BCUT2D eigenvalue weighted by Crippen LogP contribution is 2.08. The van der Waals surface area contributed by atoms with Crippen molar-refractivity contribution in [2.45, 2.75) is 6.92 Å². The van der Waals surface area contributed by atoms with Gasteiger partial charge in [-0.05, 0) is 18.6 Å². The standard InChI is InChI=1S/C16H15NO/c1-13-7-10-15(11-8-13)16(17-18)12-9-14-5-3-2-4-6-14/h2-12,18H,1H3/b12-9-,17-16+. The van der Waals surface area contributed by atoms with Crippen molar-refractivity contribution < 1.29 is 5.21 Å². The fourth-order valence-electron chi connectivity index (χ4n) is 1.65. The zero-order chi connectivity index (χ0) is 12.8. The van der Waals surface area contributed by atoms with E-state index in [9.17, 15) is 0 Å². The molecule has 0 saturated heterocycles. The first kappa shape index (κ1) is 12.1. The lowest BCUT2D eigenvalue weighted by atomic mass is 10.1. The highest BCUT2D eigenvalue weighted by Gasteiger charge is 1.99. The Hall–Kier alpha value is -2.35. The minimum Gasteiger partial charge on any atom is -0.410 e. The van der Waals surface area contributed by atoms with Crippen LogP contribution in [0.5, 0.6) is 0 Å². The van der Waals surface area contributed by atoms with Crippen LogP contribution in [0.2, 0.25) is 0 Å².